The van der Waals surface area contributed by atoms with Crippen molar-refractivity contribution in [1.82, 2.24) is 0 Å². The van der Waals surface area contributed by atoms with Crippen molar-refractivity contribution in [2.45, 2.75) is 5.41 Å². The molecule has 0 aliphatic heterocycles. The van der Waals surface area contributed by atoms with E-state index in [2.05, 4.69) is 278 Å². The van der Waals surface area contributed by atoms with Crippen molar-refractivity contribution in [2.24, 2.45) is 0 Å². The Morgan fingerprint density at radius 2 is 0.682 bits per heavy atom. The molecule has 0 saturated carbocycles. The highest BCUT2D eigenvalue weighted by atomic mass is 15.1. The molecule has 0 saturated heterocycles. The minimum absolute atomic E-state index is 0.464. The summed E-state index contributed by atoms with van der Waals surface area (Å²) in [5.74, 6) is 0. The van der Waals surface area contributed by atoms with Gasteiger partial charge in [0.05, 0.1) is 16.8 Å². The summed E-state index contributed by atoms with van der Waals surface area (Å²) < 4.78 is 0. The van der Waals surface area contributed by atoms with Gasteiger partial charge >= 0.3 is 0 Å². The number of para-hydroxylation sites is 2. The third-order valence-electron chi connectivity index (χ3n) is 13.6. The maximum absolute atomic E-state index is 2.46. The molecule has 0 unspecified atom stereocenters. The van der Waals surface area contributed by atoms with E-state index in [1.807, 2.05) is 0 Å². The van der Waals surface area contributed by atoms with Crippen LogP contribution in [0.1, 0.15) is 22.3 Å². The van der Waals surface area contributed by atoms with Crippen molar-refractivity contribution >= 4 is 27.8 Å². The summed E-state index contributed by atoms with van der Waals surface area (Å²) in [6.45, 7) is 0. The Kier molecular flexibility index (Phi) is 9.81. The lowest BCUT2D eigenvalue weighted by atomic mass is 9.67. The van der Waals surface area contributed by atoms with Crippen molar-refractivity contribution in [3.05, 3.63) is 295 Å². The average Bonchev–Trinajstić information content (AvgIpc) is 3.71. The van der Waals surface area contributed by atoms with Gasteiger partial charge in [0.25, 0.3) is 0 Å². The van der Waals surface area contributed by atoms with E-state index in [0.717, 1.165) is 28.2 Å². The van der Waals surface area contributed by atoms with Crippen molar-refractivity contribution in [1.29, 1.82) is 0 Å². The molecule has 1 aliphatic rings. The quantitative estimate of drug-likeness (QED) is 0.140. The normalized spacial score (nSPS) is 12.4. The second kappa shape index (κ2) is 16.6. The molecule has 0 amide bonds. The zero-order chi connectivity index (χ0) is 43.9. The van der Waals surface area contributed by atoms with Crippen LogP contribution in [-0.2, 0) is 5.41 Å². The van der Waals surface area contributed by atoms with Crippen molar-refractivity contribution in [3.63, 3.8) is 0 Å². The van der Waals surface area contributed by atoms with E-state index in [4.69, 9.17) is 0 Å². The molecule has 66 heavy (non-hydrogen) atoms. The third-order valence-corrected chi connectivity index (χ3v) is 13.6. The first-order chi connectivity index (χ1) is 32.8. The zero-order valence-electron chi connectivity index (χ0n) is 36.4. The Hall–Kier alpha value is -8.52. The van der Waals surface area contributed by atoms with E-state index in [1.165, 1.54) is 77.5 Å². The average molecular weight is 840 g/mol. The lowest BCUT2D eigenvalue weighted by Crippen LogP contribution is -2.28. The SMILES string of the molecule is c1ccc(-c2ccccc2N(c2ccc(-c3cccc4c3-c3ccccc3C4(c3ccccc3)c3ccccc3)cc2)c2ccccc2-c2cccc3cccc(-c4ccccc4)c23)cc1. The molecule has 0 heterocycles. The Labute approximate surface area is 387 Å². The van der Waals surface area contributed by atoms with Gasteiger partial charge in [-0.05, 0) is 102 Å². The molecule has 11 aromatic rings. The van der Waals surface area contributed by atoms with Crippen LogP contribution in [0.2, 0.25) is 0 Å². The largest absolute Gasteiger partial charge is 0.309 e. The van der Waals surface area contributed by atoms with Crippen LogP contribution in [0, 0.1) is 0 Å². The Bertz CT molecular complexity index is 3460. The van der Waals surface area contributed by atoms with Crippen LogP contribution in [0.5, 0.6) is 0 Å². The Balaban J connectivity index is 1.06. The second-order valence-electron chi connectivity index (χ2n) is 17.1. The fourth-order valence-electron chi connectivity index (χ4n) is 10.8. The summed E-state index contributed by atoms with van der Waals surface area (Å²) in [6, 6.07) is 99.9. The molecule has 0 atom stereocenters. The summed E-state index contributed by atoms with van der Waals surface area (Å²) in [4.78, 5) is 2.46. The minimum Gasteiger partial charge on any atom is -0.309 e. The van der Waals surface area contributed by atoms with Crippen LogP contribution in [0.25, 0.3) is 66.4 Å². The van der Waals surface area contributed by atoms with Crippen molar-refractivity contribution in [3.8, 4) is 55.6 Å². The maximum Gasteiger partial charge on any atom is 0.0713 e. The van der Waals surface area contributed by atoms with Gasteiger partial charge in [0.1, 0.15) is 0 Å². The number of rotatable bonds is 9. The van der Waals surface area contributed by atoms with E-state index in [0.29, 0.717) is 0 Å². The van der Waals surface area contributed by atoms with Crippen LogP contribution in [0.4, 0.5) is 17.1 Å². The first-order valence-electron chi connectivity index (χ1n) is 22.8. The van der Waals surface area contributed by atoms with Gasteiger partial charge in [-0.2, -0.15) is 0 Å². The summed E-state index contributed by atoms with van der Waals surface area (Å²) >= 11 is 0. The van der Waals surface area contributed by atoms with Crippen LogP contribution in [-0.4, -0.2) is 0 Å². The fraction of sp³-hybridized carbons (Fsp3) is 0.0154. The zero-order valence-corrected chi connectivity index (χ0v) is 36.4. The smallest absolute Gasteiger partial charge is 0.0713 e. The predicted octanol–water partition coefficient (Wildman–Crippen LogP) is 17.3. The molecule has 310 valence electrons. The number of hydrogen-bond acceptors (Lipinski definition) is 1. The summed E-state index contributed by atoms with van der Waals surface area (Å²) in [6.07, 6.45) is 0. The number of hydrogen-bond donors (Lipinski definition) is 0. The molecular weight excluding hydrogens is 795 g/mol. The standard InChI is InChI=1S/C65H45N/c1-5-22-46(23-6-1)53-32-14-17-40-61(53)66(62-41-18-15-33-56(62)57-37-20-27-49-26-19-35-54(63(49)57)47-24-7-2-8-25-47)52-44-42-48(43-45-52)55-36-21-39-60-64(55)58-34-13-16-38-59(58)65(60,50-28-9-3-10-29-50)51-30-11-4-12-31-51/h1-45H. The molecule has 12 rings (SSSR count). The molecule has 1 heteroatoms. The molecule has 0 spiro atoms. The number of benzene rings is 11. The van der Waals surface area contributed by atoms with Gasteiger partial charge in [0, 0.05) is 16.8 Å². The van der Waals surface area contributed by atoms with Crippen LogP contribution >= 0.6 is 0 Å². The summed E-state index contributed by atoms with van der Waals surface area (Å²) in [5, 5.41) is 2.45. The van der Waals surface area contributed by atoms with E-state index in [-0.39, 0.29) is 0 Å². The highest BCUT2D eigenvalue weighted by Crippen LogP contribution is 2.58. The van der Waals surface area contributed by atoms with E-state index >= 15 is 0 Å². The summed E-state index contributed by atoms with van der Waals surface area (Å²) in [5.41, 5.74) is 20.1. The van der Waals surface area contributed by atoms with Crippen LogP contribution < -0.4 is 4.90 Å². The van der Waals surface area contributed by atoms with Gasteiger partial charge in [-0.1, -0.05) is 249 Å². The highest BCUT2D eigenvalue weighted by Gasteiger charge is 2.46. The van der Waals surface area contributed by atoms with Gasteiger partial charge in [0.2, 0.25) is 0 Å². The van der Waals surface area contributed by atoms with Crippen molar-refractivity contribution < 1.29 is 0 Å². The fourth-order valence-corrected chi connectivity index (χ4v) is 10.8. The monoisotopic (exact) mass is 839 g/mol. The molecule has 0 bridgehead atoms. The number of nitrogens with zero attached hydrogens (tertiary/aromatic N) is 1. The maximum atomic E-state index is 2.46. The summed E-state index contributed by atoms with van der Waals surface area (Å²) in [7, 11) is 0. The molecule has 1 aliphatic carbocycles. The van der Waals surface area contributed by atoms with Crippen LogP contribution in [0.3, 0.4) is 0 Å². The van der Waals surface area contributed by atoms with Gasteiger partial charge in [0.15, 0.2) is 0 Å². The molecule has 0 fully saturated rings. The molecule has 0 N–H and O–H groups in total. The van der Waals surface area contributed by atoms with Crippen molar-refractivity contribution in [2.75, 3.05) is 4.90 Å². The Morgan fingerprint density at radius 1 is 0.258 bits per heavy atom. The van der Waals surface area contributed by atoms with Crippen LogP contribution in [0.15, 0.2) is 273 Å². The lowest BCUT2D eigenvalue weighted by Gasteiger charge is -2.34. The first kappa shape index (κ1) is 39.1. The van der Waals surface area contributed by atoms with Gasteiger partial charge in [-0.3, -0.25) is 0 Å². The first-order valence-corrected chi connectivity index (χ1v) is 22.8. The lowest BCUT2D eigenvalue weighted by molar-refractivity contribution is 0.768. The van der Waals surface area contributed by atoms with E-state index in [1.54, 1.807) is 0 Å². The van der Waals surface area contributed by atoms with Gasteiger partial charge in [-0.15, -0.1) is 0 Å². The minimum atomic E-state index is -0.464. The number of anilines is 3. The number of fused-ring (bicyclic) bond motifs is 4. The van der Waals surface area contributed by atoms with Gasteiger partial charge < -0.3 is 4.90 Å². The second-order valence-corrected chi connectivity index (χ2v) is 17.1. The molecule has 1 nitrogen and oxygen atoms in total. The third kappa shape index (κ3) is 6.39. The molecule has 11 aromatic carbocycles. The van der Waals surface area contributed by atoms with Gasteiger partial charge in [-0.25, -0.2) is 0 Å². The highest BCUT2D eigenvalue weighted by molar-refractivity contribution is 6.09. The molecule has 0 radical (unpaired) electrons. The predicted molar refractivity (Wildman–Crippen MR) is 278 cm³/mol. The van der Waals surface area contributed by atoms with E-state index in [9.17, 15) is 0 Å². The Morgan fingerprint density at radius 3 is 1.32 bits per heavy atom. The topological polar surface area (TPSA) is 3.24 Å². The van der Waals surface area contributed by atoms with E-state index < -0.39 is 5.41 Å². The molecule has 0 aromatic heterocycles. The molecular formula is C65H45N.